The summed E-state index contributed by atoms with van der Waals surface area (Å²) >= 11 is 1.69. The molecule has 0 bridgehead atoms. The van der Waals surface area contributed by atoms with Gasteiger partial charge in [0.15, 0.2) is 0 Å². The highest BCUT2D eigenvalue weighted by Gasteiger charge is 2.27. The number of aromatic nitrogens is 2. The molecule has 1 N–H and O–H groups in total. The van der Waals surface area contributed by atoms with Crippen molar-refractivity contribution in [3.8, 4) is 22.6 Å². The molecule has 0 saturated heterocycles. The second kappa shape index (κ2) is 10.5. The molecule has 1 aromatic heterocycles. The molecular weight excluding hydrogens is 450 g/mol. The van der Waals surface area contributed by atoms with Gasteiger partial charge in [-0.15, -0.1) is 11.8 Å². The molecule has 4 nitrogen and oxygen atoms in total. The molecule has 0 spiro atoms. The number of amides is 1. The van der Waals surface area contributed by atoms with E-state index in [4.69, 9.17) is 4.98 Å². The van der Waals surface area contributed by atoms with Gasteiger partial charge in [0.05, 0.1) is 6.04 Å². The monoisotopic (exact) mass is 481 g/mol. The number of nitrogens with one attached hydrogen (secondary N) is 1. The number of thioether (sulfide) groups is 1. The first-order valence-electron chi connectivity index (χ1n) is 12.4. The van der Waals surface area contributed by atoms with E-state index in [1.165, 1.54) is 11.1 Å². The van der Waals surface area contributed by atoms with Crippen molar-refractivity contribution in [1.29, 1.82) is 0 Å². The highest BCUT2D eigenvalue weighted by atomic mass is 32.2. The van der Waals surface area contributed by atoms with Gasteiger partial charge in [-0.3, -0.25) is 4.79 Å². The Bertz CT molecular complexity index is 1330. The van der Waals surface area contributed by atoms with Crippen LogP contribution in [0.25, 0.3) is 22.6 Å². The average molecular weight is 482 g/mol. The van der Waals surface area contributed by atoms with E-state index in [1.54, 1.807) is 11.8 Å². The average Bonchev–Trinajstić information content (AvgIpc) is 3.19. The van der Waals surface area contributed by atoms with Crippen molar-refractivity contribution in [2.24, 2.45) is 0 Å². The zero-order valence-corrected chi connectivity index (χ0v) is 21.1. The van der Waals surface area contributed by atoms with Gasteiger partial charge in [-0.25, -0.2) is 4.98 Å². The SMILES string of the molecule is CCn1c(-c2ccccc2)nc(-c2cccc(SC)c2)c1C(=O)NC1CCCCc2ccccc21. The highest BCUT2D eigenvalue weighted by Crippen LogP contribution is 2.33. The molecule has 1 aliphatic rings. The van der Waals surface area contributed by atoms with Crippen LogP contribution in [-0.4, -0.2) is 21.7 Å². The van der Waals surface area contributed by atoms with E-state index in [0.717, 1.165) is 53.2 Å². The summed E-state index contributed by atoms with van der Waals surface area (Å²) in [6.45, 7) is 2.73. The Morgan fingerprint density at radius 2 is 1.77 bits per heavy atom. The summed E-state index contributed by atoms with van der Waals surface area (Å²) in [7, 11) is 0. The van der Waals surface area contributed by atoms with Gasteiger partial charge >= 0.3 is 0 Å². The van der Waals surface area contributed by atoms with Crippen LogP contribution in [0.5, 0.6) is 0 Å². The Balaban J connectivity index is 1.61. The van der Waals surface area contributed by atoms with E-state index in [-0.39, 0.29) is 11.9 Å². The van der Waals surface area contributed by atoms with Gasteiger partial charge < -0.3 is 9.88 Å². The van der Waals surface area contributed by atoms with Crippen LogP contribution in [0, 0.1) is 0 Å². The lowest BCUT2D eigenvalue weighted by atomic mass is 9.99. The van der Waals surface area contributed by atoms with Crippen LogP contribution >= 0.6 is 11.8 Å². The molecule has 1 heterocycles. The summed E-state index contributed by atoms with van der Waals surface area (Å²) in [6.07, 6.45) is 6.34. The van der Waals surface area contributed by atoms with Crippen LogP contribution < -0.4 is 5.32 Å². The molecule has 1 amide bonds. The summed E-state index contributed by atoms with van der Waals surface area (Å²) in [4.78, 5) is 20.2. The van der Waals surface area contributed by atoms with Gasteiger partial charge in [-0.1, -0.05) is 73.2 Å². The standard InChI is InChI=1S/C30H31N3OS/c1-3-33-28(30(34)31-26-19-10-8-13-21-12-7-9-18-25(21)26)27(23-16-11-17-24(20-23)35-2)32-29(33)22-14-5-4-6-15-22/h4-7,9,11-12,14-18,20,26H,3,8,10,13,19H2,1-2H3,(H,31,34). The maximum Gasteiger partial charge on any atom is 0.270 e. The second-order valence-corrected chi connectivity index (χ2v) is 9.83. The largest absolute Gasteiger partial charge is 0.344 e. The summed E-state index contributed by atoms with van der Waals surface area (Å²) in [5.74, 6) is 0.761. The fraction of sp³-hybridized carbons (Fsp3) is 0.267. The van der Waals surface area contributed by atoms with Crippen molar-refractivity contribution < 1.29 is 4.79 Å². The summed E-state index contributed by atoms with van der Waals surface area (Å²) < 4.78 is 2.06. The molecule has 0 fully saturated rings. The molecule has 35 heavy (non-hydrogen) atoms. The Morgan fingerprint density at radius 1 is 1.00 bits per heavy atom. The zero-order valence-electron chi connectivity index (χ0n) is 20.3. The number of hydrogen-bond acceptors (Lipinski definition) is 3. The molecule has 5 heteroatoms. The minimum atomic E-state index is -0.0622. The van der Waals surface area contributed by atoms with E-state index < -0.39 is 0 Å². The van der Waals surface area contributed by atoms with E-state index in [0.29, 0.717) is 12.2 Å². The van der Waals surface area contributed by atoms with Crippen LogP contribution in [0.15, 0.2) is 83.8 Å². The Labute approximate surface area is 211 Å². The van der Waals surface area contributed by atoms with E-state index in [9.17, 15) is 4.79 Å². The maximum atomic E-state index is 14.0. The lowest BCUT2D eigenvalue weighted by Gasteiger charge is -2.20. The molecule has 0 radical (unpaired) electrons. The first-order chi connectivity index (χ1) is 17.2. The summed E-state index contributed by atoms with van der Waals surface area (Å²) in [5.41, 5.74) is 5.93. The Hall–Kier alpha value is -3.31. The lowest BCUT2D eigenvalue weighted by Crippen LogP contribution is -2.31. The number of benzene rings is 3. The number of rotatable bonds is 6. The van der Waals surface area contributed by atoms with Crippen LogP contribution in [0.1, 0.15) is 53.8 Å². The third-order valence-electron chi connectivity index (χ3n) is 6.80. The minimum Gasteiger partial charge on any atom is -0.344 e. The van der Waals surface area contributed by atoms with Crippen LogP contribution in [-0.2, 0) is 13.0 Å². The first-order valence-corrected chi connectivity index (χ1v) is 13.6. The molecule has 4 aromatic rings. The maximum absolute atomic E-state index is 14.0. The number of carbonyl (C=O) groups excluding carboxylic acids is 1. The minimum absolute atomic E-state index is 0.00645. The number of hydrogen-bond donors (Lipinski definition) is 1. The molecule has 1 atom stereocenters. The lowest BCUT2D eigenvalue weighted by molar-refractivity contribution is 0.0926. The number of fused-ring (bicyclic) bond motifs is 1. The number of carbonyl (C=O) groups is 1. The summed E-state index contributed by atoms with van der Waals surface area (Å²) in [6, 6.07) is 27.0. The number of nitrogens with zero attached hydrogens (tertiary/aromatic N) is 2. The third-order valence-corrected chi connectivity index (χ3v) is 7.52. The second-order valence-electron chi connectivity index (χ2n) is 8.95. The fourth-order valence-electron chi connectivity index (χ4n) is 5.07. The third kappa shape index (κ3) is 4.78. The number of imidazole rings is 1. The van der Waals surface area contributed by atoms with Crippen molar-refractivity contribution >= 4 is 17.7 Å². The molecule has 0 aliphatic heterocycles. The van der Waals surface area contributed by atoms with Crippen LogP contribution in [0.2, 0.25) is 0 Å². The Kier molecular flexibility index (Phi) is 7.05. The van der Waals surface area contributed by atoms with E-state index in [1.807, 2.05) is 24.3 Å². The van der Waals surface area contributed by atoms with Gasteiger partial charge in [0, 0.05) is 22.6 Å². The van der Waals surface area contributed by atoms with Crippen molar-refractivity contribution in [1.82, 2.24) is 14.9 Å². The van der Waals surface area contributed by atoms with Crippen molar-refractivity contribution in [3.63, 3.8) is 0 Å². The quantitative estimate of drug-likeness (QED) is 0.235. The van der Waals surface area contributed by atoms with Crippen LogP contribution in [0.3, 0.4) is 0 Å². The van der Waals surface area contributed by atoms with Gasteiger partial charge in [0.2, 0.25) is 0 Å². The van der Waals surface area contributed by atoms with E-state index in [2.05, 4.69) is 77.7 Å². The molecule has 3 aromatic carbocycles. The molecule has 178 valence electrons. The summed E-state index contributed by atoms with van der Waals surface area (Å²) in [5, 5.41) is 3.40. The first kappa shape index (κ1) is 23.4. The molecule has 1 aliphatic carbocycles. The Morgan fingerprint density at radius 3 is 2.57 bits per heavy atom. The van der Waals surface area contributed by atoms with Crippen molar-refractivity contribution in [2.75, 3.05) is 6.26 Å². The zero-order chi connectivity index (χ0) is 24.2. The van der Waals surface area contributed by atoms with Gasteiger partial charge in [0.1, 0.15) is 17.2 Å². The van der Waals surface area contributed by atoms with Crippen LogP contribution in [0.4, 0.5) is 0 Å². The highest BCUT2D eigenvalue weighted by molar-refractivity contribution is 7.98. The topological polar surface area (TPSA) is 46.9 Å². The predicted molar refractivity (Wildman–Crippen MR) is 145 cm³/mol. The molecule has 1 unspecified atom stereocenters. The van der Waals surface area contributed by atoms with E-state index >= 15 is 0 Å². The van der Waals surface area contributed by atoms with Crippen molar-refractivity contribution in [3.05, 3.63) is 95.7 Å². The molecule has 5 rings (SSSR count). The molecule has 0 saturated carbocycles. The van der Waals surface area contributed by atoms with Gasteiger partial charge in [0.25, 0.3) is 5.91 Å². The molecular formula is C30H31N3OS. The smallest absolute Gasteiger partial charge is 0.270 e. The number of aryl methyl sites for hydroxylation is 1. The predicted octanol–water partition coefficient (Wildman–Crippen LogP) is 7.16. The van der Waals surface area contributed by atoms with Gasteiger partial charge in [-0.2, -0.15) is 0 Å². The normalized spacial score (nSPS) is 15.3. The van der Waals surface area contributed by atoms with Crippen molar-refractivity contribution in [2.45, 2.75) is 50.1 Å². The van der Waals surface area contributed by atoms with Gasteiger partial charge in [-0.05, 0) is 55.7 Å². The fourth-order valence-corrected chi connectivity index (χ4v) is 5.53.